The zero-order valence-corrected chi connectivity index (χ0v) is 16.8. The number of para-hydroxylation sites is 1. The van der Waals surface area contributed by atoms with Crippen LogP contribution >= 0.6 is 0 Å². The lowest BCUT2D eigenvalue weighted by Gasteiger charge is -2.31. The number of fused-ring (bicyclic) bond motifs is 1. The minimum Gasteiger partial charge on any atom is -0.422 e. The van der Waals surface area contributed by atoms with Crippen LogP contribution in [0, 0.1) is 0 Å². The van der Waals surface area contributed by atoms with Crippen LogP contribution < -0.4 is 10.9 Å². The van der Waals surface area contributed by atoms with Crippen LogP contribution in [-0.2, 0) is 7.05 Å². The third kappa shape index (κ3) is 4.27. The summed E-state index contributed by atoms with van der Waals surface area (Å²) in [5.74, 6) is -0.390. The third-order valence-electron chi connectivity index (χ3n) is 5.75. The summed E-state index contributed by atoms with van der Waals surface area (Å²) in [5, 5.41) is 3.72. The highest BCUT2D eigenvalue weighted by Gasteiger charge is 2.25. The number of rotatable bonds is 5. The Hall–Kier alpha value is -2.86. The Bertz CT molecular complexity index is 1040. The van der Waals surface area contributed by atoms with E-state index in [1.165, 1.54) is 25.7 Å². The molecule has 6 heteroatoms. The molecule has 4 rings (SSSR count). The van der Waals surface area contributed by atoms with Gasteiger partial charge < -0.3 is 14.3 Å². The highest BCUT2D eigenvalue weighted by Crippen LogP contribution is 2.24. The molecule has 0 saturated carbocycles. The van der Waals surface area contributed by atoms with Gasteiger partial charge in [-0.25, -0.2) is 4.79 Å². The van der Waals surface area contributed by atoms with Crippen molar-refractivity contribution in [1.82, 2.24) is 14.8 Å². The van der Waals surface area contributed by atoms with Crippen molar-refractivity contribution in [3.8, 4) is 0 Å². The molecule has 0 bridgehead atoms. The maximum Gasteiger partial charge on any atom is 0.349 e. The molecule has 6 nitrogen and oxygen atoms in total. The minimum absolute atomic E-state index is 0.0465. The summed E-state index contributed by atoms with van der Waals surface area (Å²) in [7, 11) is 2.03. The summed E-state index contributed by atoms with van der Waals surface area (Å²) in [4.78, 5) is 27.6. The molecule has 0 spiro atoms. The van der Waals surface area contributed by atoms with Crippen LogP contribution in [0.25, 0.3) is 11.0 Å². The molecule has 1 fully saturated rings. The number of aryl methyl sites for hydroxylation is 1. The summed E-state index contributed by atoms with van der Waals surface area (Å²) < 4.78 is 7.42. The average Bonchev–Trinajstić information content (AvgIpc) is 2.97. The first kappa shape index (κ1) is 19.5. The molecule has 3 heterocycles. The van der Waals surface area contributed by atoms with Crippen molar-refractivity contribution in [2.24, 2.45) is 7.05 Å². The maximum absolute atomic E-state index is 12.8. The van der Waals surface area contributed by atoms with Crippen molar-refractivity contribution in [2.75, 3.05) is 19.6 Å². The molecule has 1 saturated heterocycles. The Kier molecular flexibility index (Phi) is 5.81. The molecule has 1 aliphatic rings. The lowest BCUT2D eigenvalue weighted by molar-refractivity contribution is 0.0928. The molecule has 1 amide bonds. The number of benzene rings is 1. The fourth-order valence-electron chi connectivity index (χ4n) is 4.15. The van der Waals surface area contributed by atoms with Crippen molar-refractivity contribution in [2.45, 2.75) is 31.7 Å². The second kappa shape index (κ2) is 8.66. The number of aromatic nitrogens is 1. The van der Waals surface area contributed by atoms with Crippen LogP contribution in [0.2, 0.25) is 0 Å². The van der Waals surface area contributed by atoms with Crippen LogP contribution in [0.15, 0.2) is 57.9 Å². The maximum atomic E-state index is 12.8. The van der Waals surface area contributed by atoms with Gasteiger partial charge >= 0.3 is 5.63 Å². The van der Waals surface area contributed by atoms with Gasteiger partial charge in [0.2, 0.25) is 0 Å². The smallest absolute Gasteiger partial charge is 0.349 e. The van der Waals surface area contributed by atoms with E-state index < -0.39 is 11.5 Å². The van der Waals surface area contributed by atoms with Gasteiger partial charge in [-0.3, -0.25) is 9.69 Å². The van der Waals surface area contributed by atoms with Crippen LogP contribution in [0.4, 0.5) is 0 Å². The Morgan fingerprint density at radius 3 is 2.59 bits per heavy atom. The van der Waals surface area contributed by atoms with E-state index in [9.17, 15) is 9.59 Å². The summed E-state index contributed by atoms with van der Waals surface area (Å²) in [5.41, 5.74) is 1.09. The van der Waals surface area contributed by atoms with Gasteiger partial charge in [0.1, 0.15) is 11.1 Å². The molecule has 1 N–H and O–H groups in total. The van der Waals surface area contributed by atoms with Gasteiger partial charge in [0.05, 0.1) is 6.04 Å². The van der Waals surface area contributed by atoms with E-state index in [-0.39, 0.29) is 11.6 Å². The van der Waals surface area contributed by atoms with E-state index in [1.54, 1.807) is 18.2 Å². The Morgan fingerprint density at radius 2 is 1.86 bits per heavy atom. The van der Waals surface area contributed by atoms with E-state index in [0.29, 0.717) is 12.1 Å². The van der Waals surface area contributed by atoms with Gasteiger partial charge in [-0.15, -0.1) is 0 Å². The Morgan fingerprint density at radius 1 is 1.10 bits per heavy atom. The van der Waals surface area contributed by atoms with Crippen LogP contribution in [0.3, 0.4) is 0 Å². The summed E-state index contributed by atoms with van der Waals surface area (Å²) in [6.45, 7) is 2.48. The molecular formula is C23H27N3O3. The number of hydrogen-bond acceptors (Lipinski definition) is 4. The highest BCUT2D eigenvalue weighted by molar-refractivity contribution is 5.96. The van der Waals surface area contributed by atoms with Crippen LogP contribution in [-0.4, -0.2) is 35.0 Å². The zero-order chi connectivity index (χ0) is 20.2. The number of carbonyl (C=O) groups is 1. The first-order valence-electron chi connectivity index (χ1n) is 10.3. The number of nitrogens with one attached hydrogen (secondary N) is 1. The van der Waals surface area contributed by atoms with E-state index in [2.05, 4.69) is 20.9 Å². The molecule has 1 aliphatic heterocycles. The normalized spacial score (nSPS) is 16.4. The monoisotopic (exact) mass is 393 g/mol. The van der Waals surface area contributed by atoms with Crippen molar-refractivity contribution in [1.29, 1.82) is 0 Å². The van der Waals surface area contributed by atoms with Crippen molar-refractivity contribution in [3.63, 3.8) is 0 Å². The number of carbonyl (C=O) groups excluding carboxylic acids is 1. The summed E-state index contributed by atoms with van der Waals surface area (Å²) in [6, 6.07) is 13.0. The van der Waals surface area contributed by atoms with Gasteiger partial charge in [0.15, 0.2) is 0 Å². The van der Waals surface area contributed by atoms with Crippen LogP contribution in [0.1, 0.15) is 47.8 Å². The van der Waals surface area contributed by atoms with E-state index in [1.807, 2.05) is 31.4 Å². The lowest BCUT2D eigenvalue weighted by Crippen LogP contribution is -2.40. The topological polar surface area (TPSA) is 67.5 Å². The zero-order valence-electron chi connectivity index (χ0n) is 16.8. The molecule has 2 aromatic heterocycles. The van der Waals surface area contributed by atoms with Gasteiger partial charge in [0, 0.05) is 30.9 Å². The molecule has 1 atom stereocenters. The molecule has 152 valence electrons. The third-order valence-corrected chi connectivity index (χ3v) is 5.75. The summed E-state index contributed by atoms with van der Waals surface area (Å²) >= 11 is 0. The van der Waals surface area contributed by atoms with Gasteiger partial charge in [-0.1, -0.05) is 31.0 Å². The molecule has 1 aromatic carbocycles. The van der Waals surface area contributed by atoms with E-state index in [0.717, 1.165) is 24.2 Å². The van der Waals surface area contributed by atoms with Crippen molar-refractivity contribution < 1.29 is 9.21 Å². The number of nitrogens with zero attached hydrogens (tertiary/aromatic N) is 2. The quantitative estimate of drug-likeness (QED) is 0.674. The molecule has 0 aliphatic carbocycles. The number of amides is 1. The lowest BCUT2D eigenvalue weighted by atomic mass is 10.1. The molecule has 0 radical (unpaired) electrons. The predicted octanol–water partition coefficient (Wildman–Crippen LogP) is 3.48. The predicted molar refractivity (Wildman–Crippen MR) is 113 cm³/mol. The van der Waals surface area contributed by atoms with Gasteiger partial charge in [-0.05, 0) is 50.2 Å². The SMILES string of the molecule is Cn1cccc1[C@@H](CNC(=O)c1cc2ccccc2oc1=O)N1CCCCCC1. The Balaban J connectivity index is 1.55. The molecule has 29 heavy (non-hydrogen) atoms. The highest BCUT2D eigenvalue weighted by atomic mass is 16.4. The number of hydrogen-bond donors (Lipinski definition) is 1. The molecular weight excluding hydrogens is 366 g/mol. The van der Waals surface area contributed by atoms with Gasteiger partial charge in [-0.2, -0.15) is 0 Å². The second-order valence-electron chi connectivity index (χ2n) is 7.71. The largest absolute Gasteiger partial charge is 0.422 e. The Labute approximate surface area is 170 Å². The molecule has 3 aromatic rings. The number of likely N-dealkylation sites (tertiary alicyclic amines) is 1. The fraction of sp³-hybridized carbons (Fsp3) is 0.391. The first-order chi connectivity index (χ1) is 14.1. The van der Waals surface area contributed by atoms with Crippen molar-refractivity contribution in [3.05, 3.63) is 70.3 Å². The molecule has 0 unspecified atom stereocenters. The fourth-order valence-corrected chi connectivity index (χ4v) is 4.15. The second-order valence-corrected chi connectivity index (χ2v) is 7.71. The van der Waals surface area contributed by atoms with E-state index in [4.69, 9.17) is 4.42 Å². The first-order valence-corrected chi connectivity index (χ1v) is 10.3. The minimum atomic E-state index is -0.605. The van der Waals surface area contributed by atoms with Crippen molar-refractivity contribution >= 4 is 16.9 Å². The summed E-state index contributed by atoms with van der Waals surface area (Å²) in [6.07, 6.45) is 6.87. The van der Waals surface area contributed by atoms with Gasteiger partial charge in [0.25, 0.3) is 5.91 Å². The average molecular weight is 393 g/mol. The van der Waals surface area contributed by atoms with E-state index >= 15 is 0 Å². The standard InChI is InChI=1S/C23H27N3O3/c1-25-12-8-10-19(25)20(26-13-6-2-3-7-14-26)16-24-22(27)18-15-17-9-4-5-11-21(17)29-23(18)28/h4-5,8-12,15,20H,2-3,6-7,13-14,16H2,1H3,(H,24,27)/t20-/m1/s1. The van der Waals surface area contributed by atoms with Crippen LogP contribution in [0.5, 0.6) is 0 Å².